The van der Waals surface area contributed by atoms with Gasteiger partial charge in [0.2, 0.25) is 0 Å². The van der Waals surface area contributed by atoms with Crippen LogP contribution in [0.5, 0.6) is 0 Å². The Labute approximate surface area is 286 Å². The summed E-state index contributed by atoms with van der Waals surface area (Å²) in [5.74, 6) is 1.05. The van der Waals surface area contributed by atoms with Gasteiger partial charge in [-0.25, -0.2) is 0 Å². The zero-order chi connectivity index (χ0) is 32.4. The van der Waals surface area contributed by atoms with E-state index in [4.69, 9.17) is 17.0 Å². The molecule has 1 radical (unpaired) electrons. The second kappa shape index (κ2) is 14.4. The predicted octanol–water partition coefficient (Wildman–Crippen LogP) is 13.6. The Morgan fingerprint density at radius 2 is 0.886 bits per heavy atom. The van der Waals surface area contributed by atoms with Crippen LogP contribution in [0.2, 0.25) is 0 Å². The molecule has 4 aromatic rings. The SMILES string of the molecule is CCC(C)c1ccccc1-c1cc2c(cc1C(C)(C)C)-c1cc(C(C)(C)C)c(-c3ccccc3C(C)CC)cc1[CH]2.[Cl][Zr][Cl]. The third-order valence-electron chi connectivity index (χ3n) is 9.39. The number of hydrogen-bond acceptors (Lipinski definition) is 0. The minimum atomic E-state index is -0.826. The van der Waals surface area contributed by atoms with Crippen molar-refractivity contribution in [2.75, 3.05) is 0 Å². The Morgan fingerprint density at radius 3 is 1.20 bits per heavy atom. The molecule has 3 heteroatoms. The molecule has 44 heavy (non-hydrogen) atoms. The molecule has 0 saturated heterocycles. The molecule has 2 unspecified atom stereocenters. The average Bonchev–Trinajstić information content (AvgIpc) is 3.35. The topological polar surface area (TPSA) is 0 Å². The predicted molar refractivity (Wildman–Crippen MR) is 192 cm³/mol. The quantitative estimate of drug-likeness (QED) is 0.165. The molecule has 4 aromatic carbocycles. The molecular weight excluding hydrogens is 655 g/mol. The van der Waals surface area contributed by atoms with Crippen molar-refractivity contribution >= 4 is 17.0 Å². The molecule has 1 aliphatic rings. The number of halogens is 2. The number of rotatable bonds is 6. The van der Waals surface area contributed by atoms with Gasteiger partial charge in [-0.05, 0) is 127 Å². The summed E-state index contributed by atoms with van der Waals surface area (Å²) in [6.07, 6.45) is 4.72. The first-order valence-corrected chi connectivity index (χ1v) is 22.5. The molecule has 0 aliphatic heterocycles. The van der Waals surface area contributed by atoms with Crippen molar-refractivity contribution in [1.82, 2.24) is 0 Å². The van der Waals surface area contributed by atoms with Crippen molar-refractivity contribution in [3.05, 3.63) is 113 Å². The summed E-state index contributed by atoms with van der Waals surface area (Å²) in [6.45, 7) is 23.5. The first-order chi connectivity index (χ1) is 20.8. The van der Waals surface area contributed by atoms with Gasteiger partial charge in [0.05, 0.1) is 0 Å². The van der Waals surface area contributed by atoms with Gasteiger partial charge in [0, 0.05) is 6.42 Å². The fourth-order valence-electron chi connectivity index (χ4n) is 6.58. The van der Waals surface area contributed by atoms with E-state index in [1.165, 1.54) is 66.8 Å². The van der Waals surface area contributed by atoms with E-state index in [2.05, 4.69) is 148 Å². The molecule has 0 N–H and O–H groups in total. The van der Waals surface area contributed by atoms with E-state index in [-0.39, 0.29) is 10.8 Å². The Bertz CT molecular complexity index is 1480. The normalized spacial score (nSPS) is 13.8. The van der Waals surface area contributed by atoms with E-state index >= 15 is 0 Å². The second-order valence-corrected chi connectivity index (χ2v) is 18.2. The van der Waals surface area contributed by atoms with E-state index in [0.717, 1.165) is 12.8 Å². The van der Waals surface area contributed by atoms with Gasteiger partial charge in [-0.15, -0.1) is 0 Å². The van der Waals surface area contributed by atoms with Crippen LogP contribution in [0.3, 0.4) is 0 Å². The van der Waals surface area contributed by atoms with Crippen molar-refractivity contribution in [2.45, 2.75) is 105 Å². The summed E-state index contributed by atoms with van der Waals surface area (Å²) in [4.78, 5) is 0. The fraction of sp³-hybridized carbons (Fsp3) is 0.390. The molecule has 0 fully saturated rings. The van der Waals surface area contributed by atoms with Crippen LogP contribution in [0.25, 0.3) is 33.4 Å². The van der Waals surface area contributed by atoms with Crippen LogP contribution >= 0.6 is 17.0 Å². The summed E-state index contributed by atoms with van der Waals surface area (Å²) >= 11 is -0.826. The maximum atomic E-state index is 4.93. The zero-order valence-electron chi connectivity index (χ0n) is 28.3. The van der Waals surface area contributed by atoms with E-state index < -0.39 is 20.8 Å². The molecule has 0 saturated carbocycles. The van der Waals surface area contributed by atoms with Crippen LogP contribution in [0.4, 0.5) is 0 Å². The molecule has 0 heterocycles. The molecule has 0 bridgehead atoms. The molecule has 0 spiro atoms. The van der Waals surface area contributed by atoms with E-state index in [1.807, 2.05) is 0 Å². The Morgan fingerprint density at radius 1 is 0.545 bits per heavy atom. The van der Waals surface area contributed by atoms with Crippen LogP contribution in [-0.2, 0) is 31.7 Å². The van der Waals surface area contributed by atoms with Crippen molar-refractivity contribution in [3.8, 4) is 33.4 Å². The van der Waals surface area contributed by atoms with Crippen molar-refractivity contribution < 1.29 is 20.8 Å². The van der Waals surface area contributed by atoms with Gasteiger partial charge in [-0.3, -0.25) is 0 Å². The summed E-state index contributed by atoms with van der Waals surface area (Å²) in [5, 5.41) is 0. The van der Waals surface area contributed by atoms with Gasteiger partial charge >= 0.3 is 37.9 Å². The fourth-order valence-corrected chi connectivity index (χ4v) is 6.58. The number of benzene rings is 4. The van der Waals surface area contributed by atoms with Crippen LogP contribution in [0.1, 0.15) is 127 Å². The zero-order valence-corrected chi connectivity index (χ0v) is 32.3. The second-order valence-electron chi connectivity index (χ2n) is 14.5. The molecule has 0 amide bonds. The van der Waals surface area contributed by atoms with E-state index in [1.54, 1.807) is 0 Å². The molecule has 0 aromatic heterocycles. The van der Waals surface area contributed by atoms with Crippen LogP contribution in [-0.4, -0.2) is 0 Å². The van der Waals surface area contributed by atoms with Gasteiger partial charge in [-0.2, -0.15) is 0 Å². The summed E-state index contributed by atoms with van der Waals surface area (Å²) < 4.78 is 0. The van der Waals surface area contributed by atoms with Gasteiger partial charge < -0.3 is 0 Å². The molecule has 5 rings (SSSR count). The van der Waals surface area contributed by atoms with E-state index in [9.17, 15) is 0 Å². The Kier molecular flexibility index (Phi) is 11.5. The number of hydrogen-bond donors (Lipinski definition) is 0. The molecule has 231 valence electrons. The van der Waals surface area contributed by atoms with Crippen LogP contribution in [0, 0.1) is 6.42 Å². The van der Waals surface area contributed by atoms with E-state index in [0.29, 0.717) is 11.8 Å². The maximum absolute atomic E-state index is 4.93. The first kappa shape index (κ1) is 35.2. The van der Waals surface area contributed by atoms with Crippen molar-refractivity contribution in [3.63, 3.8) is 0 Å². The third-order valence-corrected chi connectivity index (χ3v) is 9.39. The summed E-state index contributed by atoms with van der Waals surface area (Å²) in [6, 6.07) is 28.1. The van der Waals surface area contributed by atoms with Crippen molar-refractivity contribution in [2.24, 2.45) is 0 Å². The third kappa shape index (κ3) is 7.32. The standard InChI is InChI=1S/C41H49.2ClH.Zr/c1-11-26(3)30-17-13-15-19-32(30)36-22-28-21-29-23-37(33-20-16-14-18-31(33)27(4)12-2)39(41(8,9)10)25-35(29)34(28)24-38(36)40(5,6)7;;;/h13-27H,11-12H2,1-10H3;2*1H;/q;;;+2/p-2. The Hall–Kier alpha value is -1.66. The molecule has 0 nitrogen and oxygen atoms in total. The Balaban J connectivity index is 0.00000141. The van der Waals surface area contributed by atoms with Crippen LogP contribution in [0.15, 0.2) is 72.8 Å². The summed E-state index contributed by atoms with van der Waals surface area (Å²) in [7, 11) is 9.87. The minimum absolute atomic E-state index is 0.0255. The summed E-state index contributed by atoms with van der Waals surface area (Å²) in [5.41, 5.74) is 16.8. The van der Waals surface area contributed by atoms with Gasteiger partial charge in [-0.1, -0.05) is 118 Å². The van der Waals surface area contributed by atoms with Gasteiger partial charge in [0.1, 0.15) is 0 Å². The van der Waals surface area contributed by atoms with Gasteiger partial charge in [0.15, 0.2) is 0 Å². The monoisotopic (exact) mass is 701 g/mol. The molecular formula is C41H49Cl2Zr. The first-order valence-electron chi connectivity index (χ1n) is 16.1. The number of fused-ring (bicyclic) bond motifs is 3. The van der Waals surface area contributed by atoms with Crippen molar-refractivity contribution in [1.29, 1.82) is 0 Å². The molecule has 1 aliphatic carbocycles. The van der Waals surface area contributed by atoms with Crippen LogP contribution < -0.4 is 0 Å². The molecule has 2 atom stereocenters. The van der Waals surface area contributed by atoms with Gasteiger partial charge in [0.25, 0.3) is 0 Å². The average molecular weight is 704 g/mol.